The van der Waals surface area contributed by atoms with Gasteiger partial charge in [-0.05, 0) is 36.8 Å². The maximum Gasteiger partial charge on any atom is 0.311 e. The molecule has 1 heterocycles. The van der Waals surface area contributed by atoms with Gasteiger partial charge in [0, 0.05) is 11.6 Å². The summed E-state index contributed by atoms with van der Waals surface area (Å²) < 4.78 is 19.7. The van der Waals surface area contributed by atoms with Gasteiger partial charge in [-0.15, -0.1) is 0 Å². The number of benzene rings is 2. The molecule has 0 aliphatic heterocycles. The van der Waals surface area contributed by atoms with Crippen LogP contribution in [0.2, 0.25) is 0 Å². The number of nitrogens with two attached hydrogens (primary N) is 1. The molecule has 2 aromatic carbocycles. The molecule has 0 aliphatic rings. The molecule has 0 radical (unpaired) electrons. The minimum atomic E-state index is -0.600. The minimum absolute atomic E-state index is 0.193. The van der Waals surface area contributed by atoms with Crippen molar-refractivity contribution in [1.82, 2.24) is 4.98 Å². The van der Waals surface area contributed by atoms with E-state index in [2.05, 4.69) is 10.3 Å². The van der Waals surface area contributed by atoms with Gasteiger partial charge in [-0.25, -0.2) is 9.37 Å². The normalized spacial score (nSPS) is 11.6. The van der Waals surface area contributed by atoms with Crippen LogP contribution in [0.1, 0.15) is 24.1 Å². The number of nitrogens with zero attached hydrogens (tertiary/aromatic N) is 2. The maximum absolute atomic E-state index is 13.8. The molecule has 28 heavy (non-hydrogen) atoms. The Balaban J connectivity index is 1.79. The zero-order valence-corrected chi connectivity index (χ0v) is 15.1. The van der Waals surface area contributed by atoms with Gasteiger partial charge in [-0.2, -0.15) is 0 Å². The molecule has 0 bridgehead atoms. The zero-order chi connectivity index (χ0) is 20.1. The first-order valence-corrected chi connectivity index (χ1v) is 8.57. The van der Waals surface area contributed by atoms with Crippen LogP contribution < -0.4 is 15.8 Å². The molecule has 3 N–H and O–H groups in total. The number of aromatic nitrogens is 1. The summed E-state index contributed by atoms with van der Waals surface area (Å²) in [5, 5.41) is 13.9. The summed E-state index contributed by atoms with van der Waals surface area (Å²) >= 11 is 0. The number of nitrogens with one attached hydrogen (secondary N) is 1. The molecule has 1 atom stereocenters. The van der Waals surface area contributed by atoms with Crippen molar-refractivity contribution in [2.24, 2.45) is 0 Å². The van der Waals surface area contributed by atoms with Crippen LogP contribution >= 0.6 is 0 Å². The van der Waals surface area contributed by atoms with Crippen molar-refractivity contribution in [2.45, 2.75) is 19.6 Å². The third-order valence-corrected chi connectivity index (χ3v) is 4.14. The SMILES string of the molecule is CC(Nc1ccc([N+](=O)[O-])c(N)n1)c1cc(F)ccc1OCc1ccccc1. The summed E-state index contributed by atoms with van der Waals surface area (Å²) in [7, 11) is 0. The second-order valence-corrected chi connectivity index (χ2v) is 6.18. The van der Waals surface area contributed by atoms with E-state index in [1.807, 2.05) is 37.3 Å². The predicted octanol–water partition coefficient (Wildman–Crippen LogP) is 4.46. The zero-order valence-electron chi connectivity index (χ0n) is 15.1. The number of halogens is 1. The average molecular weight is 382 g/mol. The van der Waals surface area contributed by atoms with Gasteiger partial charge in [-0.3, -0.25) is 10.1 Å². The fraction of sp³-hybridized carbons (Fsp3) is 0.150. The molecule has 3 rings (SSSR count). The van der Waals surface area contributed by atoms with Crippen molar-refractivity contribution in [2.75, 3.05) is 11.1 Å². The van der Waals surface area contributed by atoms with Gasteiger partial charge in [0.15, 0.2) is 0 Å². The first kappa shape index (κ1) is 19.1. The van der Waals surface area contributed by atoms with Crippen LogP contribution in [0.3, 0.4) is 0 Å². The van der Waals surface area contributed by atoms with E-state index < -0.39 is 10.7 Å². The molecule has 0 saturated heterocycles. The third kappa shape index (κ3) is 4.53. The number of pyridine rings is 1. The summed E-state index contributed by atoms with van der Waals surface area (Å²) in [4.78, 5) is 14.3. The largest absolute Gasteiger partial charge is 0.489 e. The highest BCUT2D eigenvalue weighted by atomic mass is 19.1. The Morgan fingerprint density at radius 3 is 2.64 bits per heavy atom. The van der Waals surface area contributed by atoms with Crippen molar-refractivity contribution < 1.29 is 14.1 Å². The van der Waals surface area contributed by atoms with E-state index in [9.17, 15) is 14.5 Å². The lowest BCUT2D eigenvalue weighted by Gasteiger charge is -2.19. The molecule has 8 heteroatoms. The number of ether oxygens (including phenoxy) is 1. The van der Waals surface area contributed by atoms with Gasteiger partial charge in [0.25, 0.3) is 0 Å². The summed E-state index contributed by atoms with van der Waals surface area (Å²) in [5.74, 6) is 0.280. The Hall–Kier alpha value is -3.68. The molecule has 0 aliphatic carbocycles. The fourth-order valence-electron chi connectivity index (χ4n) is 2.73. The Kier molecular flexibility index (Phi) is 5.69. The van der Waals surface area contributed by atoms with Gasteiger partial charge < -0.3 is 15.8 Å². The van der Waals surface area contributed by atoms with Crippen LogP contribution in [0.4, 0.5) is 21.7 Å². The van der Waals surface area contributed by atoms with E-state index in [0.717, 1.165) is 5.56 Å². The van der Waals surface area contributed by atoms with Crippen LogP contribution in [0.15, 0.2) is 60.7 Å². The quantitative estimate of drug-likeness (QED) is 0.462. The van der Waals surface area contributed by atoms with Crippen LogP contribution in [-0.4, -0.2) is 9.91 Å². The highest BCUT2D eigenvalue weighted by Crippen LogP contribution is 2.30. The van der Waals surface area contributed by atoms with E-state index >= 15 is 0 Å². The number of hydrogen-bond acceptors (Lipinski definition) is 6. The smallest absolute Gasteiger partial charge is 0.311 e. The first-order valence-electron chi connectivity index (χ1n) is 8.57. The molecule has 3 aromatic rings. The molecule has 1 aromatic heterocycles. The van der Waals surface area contributed by atoms with Gasteiger partial charge in [0.1, 0.15) is 24.0 Å². The number of nitrogen functional groups attached to an aromatic ring is 1. The van der Waals surface area contributed by atoms with Gasteiger partial charge in [0.2, 0.25) is 5.82 Å². The average Bonchev–Trinajstić information content (AvgIpc) is 2.67. The molecular weight excluding hydrogens is 363 g/mol. The summed E-state index contributed by atoms with van der Waals surface area (Å²) in [6.07, 6.45) is 0. The van der Waals surface area contributed by atoms with Crippen molar-refractivity contribution in [3.63, 3.8) is 0 Å². The van der Waals surface area contributed by atoms with Crippen LogP contribution in [0.5, 0.6) is 5.75 Å². The van der Waals surface area contributed by atoms with Crippen molar-refractivity contribution >= 4 is 17.3 Å². The highest BCUT2D eigenvalue weighted by Gasteiger charge is 2.17. The minimum Gasteiger partial charge on any atom is -0.489 e. The van der Waals surface area contributed by atoms with Crippen molar-refractivity contribution in [3.8, 4) is 5.75 Å². The van der Waals surface area contributed by atoms with E-state index in [-0.39, 0.29) is 17.5 Å². The fourth-order valence-corrected chi connectivity index (χ4v) is 2.73. The molecular formula is C20H19FN4O3. The lowest BCUT2D eigenvalue weighted by Crippen LogP contribution is -2.11. The van der Waals surface area contributed by atoms with Crippen LogP contribution in [0.25, 0.3) is 0 Å². The third-order valence-electron chi connectivity index (χ3n) is 4.14. The van der Waals surface area contributed by atoms with Gasteiger partial charge >= 0.3 is 5.69 Å². The summed E-state index contributed by atoms with van der Waals surface area (Å²) in [6.45, 7) is 2.15. The molecule has 0 spiro atoms. The van der Waals surface area contributed by atoms with E-state index in [4.69, 9.17) is 10.5 Å². The van der Waals surface area contributed by atoms with Gasteiger partial charge in [0.05, 0.1) is 11.0 Å². The number of rotatable bonds is 7. The predicted molar refractivity (Wildman–Crippen MR) is 105 cm³/mol. The standard InChI is InChI=1S/C20H19FN4O3/c1-13(23-19-10-8-17(25(26)27)20(22)24-19)16-11-15(21)7-9-18(16)28-12-14-5-3-2-4-6-14/h2-11,13H,12H2,1H3,(H3,22,23,24). The Bertz CT molecular complexity index is 982. The monoisotopic (exact) mass is 382 g/mol. The number of hydrogen-bond donors (Lipinski definition) is 2. The first-order chi connectivity index (χ1) is 13.4. The Morgan fingerprint density at radius 2 is 1.96 bits per heavy atom. The molecule has 0 fully saturated rings. The summed E-state index contributed by atoms with van der Waals surface area (Å²) in [5.41, 5.74) is 6.94. The van der Waals surface area contributed by atoms with E-state index in [1.54, 1.807) is 6.07 Å². The molecule has 1 unspecified atom stereocenters. The van der Waals surface area contributed by atoms with E-state index in [1.165, 1.54) is 24.3 Å². The Labute approximate surface area is 161 Å². The molecule has 7 nitrogen and oxygen atoms in total. The van der Waals surface area contributed by atoms with Gasteiger partial charge in [-0.1, -0.05) is 30.3 Å². The Morgan fingerprint density at radius 1 is 1.21 bits per heavy atom. The highest BCUT2D eigenvalue weighted by molar-refractivity contribution is 5.57. The number of nitro groups is 1. The van der Waals surface area contributed by atoms with Crippen LogP contribution in [-0.2, 0) is 6.61 Å². The second-order valence-electron chi connectivity index (χ2n) is 6.18. The summed E-state index contributed by atoms with van der Waals surface area (Å²) in [6, 6.07) is 16.3. The maximum atomic E-state index is 13.8. The topological polar surface area (TPSA) is 103 Å². The number of anilines is 2. The lowest BCUT2D eigenvalue weighted by atomic mass is 10.1. The molecule has 0 amide bonds. The van der Waals surface area contributed by atoms with Crippen molar-refractivity contribution in [1.29, 1.82) is 0 Å². The molecule has 0 saturated carbocycles. The van der Waals surface area contributed by atoms with Crippen LogP contribution in [0, 0.1) is 15.9 Å². The molecule has 144 valence electrons. The second kappa shape index (κ2) is 8.34. The van der Waals surface area contributed by atoms with Crippen molar-refractivity contribution in [3.05, 3.63) is 87.7 Å². The van der Waals surface area contributed by atoms with E-state index in [0.29, 0.717) is 23.7 Å². The lowest BCUT2D eigenvalue weighted by molar-refractivity contribution is -0.384.